The molecule has 1 heterocycles. The van der Waals surface area contributed by atoms with Crippen molar-refractivity contribution in [1.29, 1.82) is 0 Å². The first-order chi connectivity index (χ1) is 9.31. The lowest BCUT2D eigenvalue weighted by atomic mass is 10.0. The van der Waals surface area contributed by atoms with Gasteiger partial charge in [-0.25, -0.2) is 12.7 Å². The maximum atomic E-state index is 11.6. The van der Waals surface area contributed by atoms with Crippen LogP contribution in [0.25, 0.3) is 0 Å². The van der Waals surface area contributed by atoms with E-state index in [0.29, 0.717) is 19.0 Å². The fourth-order valence-electron chi connectivity index (χ4n) is 2.78. The summed E-state index contributed by atoms with van der Waals surface area (Å²) in [5.74, 6) is 1.54. The van der Waals surface area contributed by atoms with Gasteiger partial charge >= 0.3 is 5.97 Å². The van der Waals surface area contributed by atoms with Crippen LogP contribution in [0.15, 0.2) is 0 Å². The van der Waals surface area contributed by atoms with Crippen LogP contribution in [0.1, 0.15) is 32.1 Å². The number of thioether (sulfide) groups is 1. The van der Waals surface area contributed by atoms with E-state index in [4.69, 9.17) is 5.11 Å². The van der Waals surface area contributed by atoms with Crippen molar-refractivity contribution in [2.75, 3.05) is 30.9 Å². The van der Waals surface area contributed by atoms with Crippen LogP contribution in [0.2, 0.25) is 0 Å². The minimum atomic E-state index is -3.07. The third-order valence-corrected chi connectivity index (χ3v) is 6.99. The molecular formula is C13H23NO4S2. The average molecular weight is 321 g/mol. The molecule has 2 rings (SSSR count). The van der Waals surface area contributed by atoms with Gasteiger partial charge < -0.3 is 5.11 Å². The van der Waals surface area contributed by atoms with E-state index in [1.165, 1.54) is 6.26 Å². The number of aliphatic carboxylic acids is 1. The fourth-order valence-corrected chi connectivity index (χ4v) is 5.27. The molecule has 0 bridgehead atoms. The number of rotatable bonds is 7. The van der Waals surface area contributed by atoms with Gasteiger partial charge in [0.2, 0.25) is 10.0 Å². The number of piperidine rings is 1. The molecule has 1 atom stereocenters. The monoisotopic (exact) mass is 321 g/mol. The summed E-state index contributed by atoms with van der Waals surface area (Å²) in [6.45, 7) is 1.26. The molecule has 0 aromatic heterocycles. The van der Waals surface area contributed by atoms with Crippen molar-refractivity contribution >= 4 is 27.8 Å². The van der Waals surface area contributed by atoms with Crippen LogP contribution >= 0.6 is 11.8 Å². The molecule has 0 aromatic carbocycles. The Kier molecular flexibility index (Phi) is 5.02. The first-order valence-electron chi connectivity index (χ1n) is 7.05. The normalized spacial score (nSPS) is 26.4. The van der Waals surface area contributed by atoms with Crippen LogP contribution in [0, 0.1) is 11.3 Å². The smallest absolute Gasteiger partial charge is 0.303 e. The predicted octanol–water partition coefficient (Wildman–Crippen LogP) is 1.65. The molecule has 2 aliphatic rings. The van der Waals surface area contributed by atoms with Crippen molar-refractivity contribution < 1.29 is 18.3 Å². The predicted molar refractivity (Wildman–Crippen MR) is 80.4 cm³/mol. The molecule has 1 saturated heterocycles. The Morgan fingerprint density at radius 3 is 2.70 bits per heavy atom. The van der Waals surface area contributed by atoms with E-state index in [1.807, 2.05) is 0 Å². The zero-order chi connectivity index (χ0) is 14.8. The average Bonchev–Trinajstić information content (AvgIpc) is 3.07. The molecule has 1 aliphatic carbocycles. The molecule has 2 fully saturated rings. The van der Waals surface area contributed by atoms with Crippen LogP contribution in [0.4, 0.5) is 0 Å². The molecule has 1 saturated carbocycles. The Morgan fingerprint density at radius 2 is 2.15 bits per heavy atom. The molecule has 116 valence electrons. The summed E-state index contributed by atoms with van der Waals surface area (Å²) >= 11 is 1.80. The van der Waals surface area contributed by atoms with Crippen LogP contribution < -0.4 is 0 Å². The van der Waals surface area contributed by atoms with Gasteiger partial charge in [-0.3, -0.25) is 4.79 Å². The molecular weight excluding hydrogens is 298 g/mol. The summed E-state index contributed by atoms with van der Waals surface area (Å²) < 4.78 is 24.7. The summed E-state index contributed by atoms with van der Waals surface area (Å²) in [6.07, 6.45) is 5.59. The number of hydrogen-bond donors (Lipinski definition) is 1. The van der Waals surface area contributed by atoms with E-state index in [1.54, 1.807) is 16.1 Å². The SMILES string of the molecule is CS(=O)(=O)N1CCCC(CSCC2(CC(=O)O)CC2)C1. The fraction of sp³-hybridized carbons (Fsp3) is 0.923. The number of sulfonamides is 1. The Labute approximate surface area is 125 Å². The Morgan fingerprint density at radius 1 is 1.45 bits per heavy atom. The number of carboxylic acids is 1. The first kappa shape index (κ1) is 16.1. The maximum Gasteiger partial charge on any atom is 0.303 e. The topological polar surface area (TPSA) is 74.7 Å². The Bertz CT molecular complexity index is 459. The van der Waals surface area contributed by atoms with Gasteiger partial charge in [0, 0.05) is 13.1 Å². The molecule has 5 nitrogen and oxygen atoms in total. The van der Waals surface area contributed by atoms with Gasteiger partial charge in [-0.05, 0) is 48.5 Å². The standard InChI is InChI=1S/C13H23NO4S2/c1-20(17,18)14-6-2-3-11(8-14)9-19-10-13(4-5-13)7-12(15)16/h11H,2-10H2,1H3,(H,15,16). The van der Waals surface area contributed by atoms with Crippen molar-refractivity contribution in [1.82, 2.24) is 4.31 Å². The number of hydrogen-bond acceptors (Lipinski definition) is 4. The molecule has 1 N–H and O–H groups in total. The van der Waals surface area contributed by atoms with Crippen molar-refractivity contribution in [2.24, 2.45) is 11.3 Å². The van der Waals surface area contributed by atoms with Crippen molar-refractivity contribution in [3.05, 3.63) is 0 Å². The van der Waals surface area contributed by atoms with Gasteiger partial charge in [0.1, 0.15) is 0 Å². The lowest BCUT2D eigenvalue weighted by molar-refractivity contribution is -0.138. The molecule has 0 aromatic rings. The summed E-state index contributed by atoms with van der Waals surface area (Å²) in [7, 11) is -3.07. The van der Waals surface area contributed by atoms with Gasteiger partial charge in [0.25, 0.3) is 0 Å². The second-order valence-electron chi connectivity index (χ2n) is 6.21. The zero-order valence-corrected chi connectivity index (χ0v) is 13.5. The third-order valence-electron chi connectivity index (χ3n) is 4.20. The summed E-state index contributed by atoms with van der Waals surface area (Å²) in [5.41, 5.74) is 0.0295. The Balaban J connectivity index is 1.73. The van der Waals surface area contributed by atoms with Gasteiger partial charge in [-0.2, -0.15) is 11.8 Å². The van der Waals surface area contributed by atoms with E-state index in [9.17, 15) is 13.2 Å². The molecule has 0 radical (unpaired) electrons. The largest absolute Gasteiger partial charge is 0.481 e. The molecule has 0 amide bonds. The van der Waals surface area contributed by atoms with E-state index in [0.717, 1.165) is 37.2 Å². The van der Waals surface area contributed by atoms with Gasteiger partial charge in [0.15, 0.2) is 0 Å². The highest BCUT2D eigenvalue weighted by molar-refractivity contribution is 7.99. The number of carbonyl (C=O) groups is 1. The van der Waals surface area contributed by atoms with Crippen LogP contribution in [0.5, 0.6) is 0 Å². The van der Waals surface area contributed by atoms with Crippen molar-refractivity contribution in [3.8, 4) is 0 Å². The lowest BCUT2D eigenvalue weighted by Crippen LogP contribution is -2.40. The Hall–Kier alpha value is -0.270. The highest BCUT2D eigenvalue weighted by Gasteiger charge is 2.44. The molecule has 0 spiro atoms. The first-order valence-corrected chi connectivity index (χ1v) is 10.1. The second kappa shape index (κ2) is 6.23. The lowest BCUT2D eigenvalue weighted by Gasteiger charge is -2.31. The summed E-state index contributed by atoms with van der Waals surface area (Å²) in [5, 5.41) is 8.88. The summed E-state index contributed by atoms with van der Waals surface area (Å²) in [6, 6.07) is 0. The molecule has 1 unspecified atom stereocenters. The minimum Gasteiger partial charge on any atom is -0.481 e. The molecule has 20 heavy (non-hydrogen) atoms. The van der Waals surface area contributed by atoms with Gasteiger partial charge in [-0.15, -0.1) is 0 Å². The van der Waals surface area contributed by atoms with E-state index in [2.05, 4.69) is 0 Å². The zero-order valence-electron chi connectivity index (χ0n) is 11.9. The van der Waals surface area contributed by atoms with Gasteiger partial charge in [-0.1, -0.05) is 0 Å². The minimum absolute atomic E-state index is 0.0295. The summed E-state index contributed by atoms with van der Waals surface area (Å²) in [4.78, 5) is 10.8. The molecule has 7 heteroatoms. The number of nitrogens with zero attached hydrogens (tertiary/aromatic N) is 1. The van der Waals surface area contributed by atoms with Crippen LogP contribution in [-0.4, -0.2) is 54.6 Å². The highest BCUT2D eigenvalue weighted by Crippen LogP contribution is 2.51. The van der Waals surface area contributed by atoms with Crippen molar-refractivity contribution in [3.63, 3.8) is 0 Å². The maximum absolute atomic E-state index is 11.6. The van der Waals surface area contributed by atoms with E-state index < -0.39 is 16.0 Å². The van der Waals surface area contributed by atoms with Crippen molar-refractivity contribution in [2.45, 2.75) is 32.1 Å². The van der Waals surface area contributed by atoms with Gasteiger partial charge in [0.05, 0.1) is 12.7 Å². The third kappa shape index (κ3) is 4.63. The quantitative estimate of drug-likeness (QED) is 0.771. The number of carboxylic acid groups (broad SMARTS) is 1. The second-order valence-corrected chi connectivity index (χ2v) is 9.23. The van der Waals surface area contributed by atoms with E-state index in [-0.39, 0.29) is 11.8 Å². The van der Waals surface area contributed by atoms with Crippen LogP contribution in [0.3, 0.4) is 0 Å². The highest BCUT2D eigenvalue weighted by atomic mass is 32.2. The molecule has 1 aliphatic heterocycles. The van der Waals surface area contributed by atoms with E-state index >= 15 is 0 Å². The van der Waals surface area contributed by atoms with Crippen LogP contribution in [-0.2, 0) is 14.8 Å².